The normalized spacial score (nSPS) is 11.0. The summed E-state index contributed by atoms with van der Waals surface area (Å²) in [6.45, 7) is 0. The minimum Gasteiger partial charge on any atom is -0.437 e. The molecule has 7 heteroatoms. The molecule has 0 aliphatic heterocycles. The quantitative estimate of drug-likeness (QED) is 0.583. The van der Waals surface area contributed by atoms with Gasteiger partial charge in [-0.2, -0.15) is 15.1 Å². The van der Waals surface area contributed by atoms with Gasteiger partial charge in [0.05, 0.1) is 11.7 Å². The summed E-state index contributed by atoms with van der Waals surface area (Å²) in [5.74, 6) is 1.14. The highest BCUT2D eigenvalue weighted by Gasteiger charge is 2.12. The number of aromatic amines is 1. The van der Waals surface area contributed by atoms with Crippen LogP contribution in [-0.4, -0.2) is 25.1 Å². The van der Waals surface area contributed by atoms with E-state index in [1.165, 1.54) is 0 Å². The largest absolute Gasteiger partial charge is 0.437 e. The summed E-state index contributed by atoms with van der Waals surface area (Å²) in [4.78, 5) is 12.5. The predicted octanol–water partition coefficient (Wildman–Crippen LogP) is 2.28. The number of nitrogens with one attached hydrogen (secondary N) is 1. The summed E-state index contributed by atoms with van der Waals surface area (Å²) in [5.41, 5.74) is 7.07. The lowest BCUT2D eigenvalue weighted by Crippen LogP contribution is -1.98. The fraction of sp³-hybridized carbons (Fsp3) is 0. The Kier molecular flexibility index (Phi) is 2.43. The zero-order valence-electron chi connectivity index (χ0n) is 10.8. The Morgan fingerprint density at radius 1 is 1.05 bits per heavy atom. The molecule has 4 rings (SSSR count). The highest BCUT2D eigenvalue weighted by molar-refractivity contribution is 5.86. The number of H-pyrrole nitrogens is 1. The molecule has 0 saturated carbocycles. The van der Waals surface area contributed by atoms with Gasteiger partial charge in [-0.1, -0.05) is 6.07 Å². The zero-order chi connectivity index (χ0) is 14.2. The lowest BCUT2D eigenvalue weighted by molar-refractivity contribution is 0.474. The van der Waals surface area contributed by atoms with Crippen LogP contribution in [0.2, 0.25) is 0 Å². The maximum absolute atomic E-state index is 5.91. The van der Waals surface area contributed by atoms with Crippen molar-refractivity contribution in [2.75, 3.05) is 5.73 Å². The average molecular weight is 278 g/mol. The molecule has 3 aromatic heterocycles. The lowest BCUT2D eigenvalue weighted by atomic mass is 10.2. The van der Waals surface area contributed by atoms with Crippen molar-refractivity contribution in [2.45, 2.75) is 0 Å². The minimum absolute atomic E-state index is 0.125. The zero-order valence-corrected chi connectivity index (χ0v) is 10.8. The van der Waals surface area contributed by atoms with E-state index in [2.05, 4.69) is 25.1 Å². The number of hydrogen-bond acceptors (Lipinski definition) is 6. The second-order valence-corrected chi connectivity index (χ2v) is 4.45. The molecular formula is C14H10N6O. The molecule has 4 aromatic rings. The van der Waals surface area contributed by atoms with E-state index >= 15 is 0 Å². The van der Waals surface area contributed by atoms with Crippen LogP contribution in [0.1, 0.15) is 0 Å². The minimum atomic E-state index is 0.125. The topological polar surface area (TPSA) is 103 Å². The van der Waals surface area contributed by atoms with Crippen molar-refractivity contribution in [2.24, 2.45) is 0 Å². The molecule has 0 atom stereocenters. The van der Waals surface area contributed by atoms with Crippen LogP contribution in [-0.2, 0) is 0 Å². The van der Waals surface area contributed by atoms with Gasteiger partial charge < -0.3 is 10.5 Å². The van der Waals surface area contributed by atoms with Crippen molar-refractivity contribution in [3.05, 3.63) is 42.7 Å². The number of fused-ring (bicyclic) bond motifs is 2. The van der Waals surface area contributed by atoms with E-state index in [1.807, 2.05) is 30.3 Å². The van der Waals surface area contributed by atoms with Gasteiger partial charge in [-0.25, -0.2) is 0 Å². The highest BCUT2D eigenvalue weighted by Crippen LogP contribution is 2.31. The second kappa shape index (κ2) is 4.41. The number of rotatable bonds is 2. The Bertz CT molecular complexity index is 943. The molecule has 7 nitrogen and oxygen atoms in total. The van der Waals surface area contributed by atoms with E-state index in [0.717, 1.165) is 10.9 Å². The Hall–Kier alpha value is -3.22. The molecule has 0 aliphatic carbocycles. The number of anilines is 1. The number of ether oxygens (including phenoxy) is 1. The lowest BCUT2D eigenvalue weighted by Gasteiger charge is -2.08. The van der Waals surface area contributed by atoms with Crippen LogP contribution in [0.3, 0.4) is 0 Å². The number of nitrogens with zero attached hydrogens (tertiary/aromatic N) is 4. The molecule has 0 unspecified atom stereocenters. The van der Waals surface area contributed by atoms with Crippen LogP contribution in [0.5, 0.6) is 11.6 Å². The van der Waals surface area contributed by atoms with Gasteiger partial charge in [0.2, 0.25) is 11.8 Å². The Morgan fingerprint density at radius 3 is 2.95 bits per heavy atom. The third kappa shape index (κ3) is 1.91. The SMILES string of the molecule is Nc1nc(Oc2cccc3ncccc23)c2cn[nH]c2n1. The maximum atomic E-state index is 5.91. The van der Waals surface area contributed by atoms with Crippen LogP contribution < -0.4 is 10.5 Å². The van der Waals surface area contributed by atoms with Crippen LogP contribution in [0.25, 0.3) is 21.9 Å². The van der Waals surface area contributed by atoms with Crippen LogP contribution in [0, 0.1) is 0 Å². The standard InChI is InChI=1S/C14H10N6O/c15-14-18-12-9(7-17-20-12)13(19-14)21-11-5-1-4-10-8(11)3-2-6-16-10/h1-7H,(H3,15,17,18,19,20). The van der Waals surface area contributed by atoms with Crippen LogP contribution >= 0.6 is 0 Å². The summed E-state index contributed by atoms with van der Waals surface area (Å²) < 4.78 is 5.91. The Labute approximate surface area is 118 Å². The van der Waals surface area contributed by atoms with Gasteiger partial charge in [0.1, 0.15) is 11.1 Å². The number of benzene rings is 1. The van der Waals surface area contributed by atoms with Gasteiger partial charge in [0, 0.05) is 11.6 Å². The molecule has 3 N–H and O–H groups in total. The summed E-state index contributed by atoms with van der Waals surface area (Å²) in [6.07, 6.45) is 3.34. The average Bonchev–Trinajstić information content (AvgIpc) is 2.96. The van der Waals surface area contributed by atoms with E-state index in [-0.39, 0.29) is 5.95 Å². The number of aromatic nitrogens is 5. The highest BCUT2D eigenvalue weighted by atomic mass is 16.5. The smallest absolute Gasteiger partial charge is 0.235 e. The van der Waals surface area contributed by atoms with E-state index in [4.69, 9.17) is 10.5 Å². The van der Waals surface area contributed by atoms with Gasteiger partial charge in [-0.3, -0.25) is 10.1 Å². The molecular weight excluding hydrogens is 268 g/mol. The molecule has 0 aliphatic rings. The predicted molar refractivity (Wildman–Crippen MR) is 77.9 cm³/mol. The molecule has 0 bridgehead atoms. The molecule has 0 spiro atoms. The molecule has 21 heavy (non-hydrogen) atoms. The van der Waals surface area contributed by atoms with Crippen molar-refractivity contribution < 1.29 is 4.74 Å². The fourth-order valence-electron chi connectivity index (χ4n) is 2.17. The second-order valence-electron chi connectivity index (χ2n) is 4.45. The summed E-state index contributed by atoms with van der Waals surface area (Å²) in [5, 5.41) is 8.25. The number of hydrogen-bond donors (Lipinski definition) is 2. The molecule has 0 radical (unpaired) electrons. The van der Waals surface area contributed by atoms with Gasteiger partial charge in [0.25, 0.3) is 0 Å². The fourth-order valence-corrected chi connectivity index (χ4v) is 2.17. The molecule has 0 fully saturated rings. The van der Waals surface area contributed by atoms with E-state index < -0.39 is 0 Å². The Balaban J connectivity index is 1.89. The first-order chi connectivity index (χ1) is 10.3. The number of nitrogen functional groups attached to an aromatic ring is 1. The van der Waals surface area contributed by atoms with Gasteiger partial charge in [-0.15, -0.1) is 0 Å². The summed E-state index contributed by atoms with van der Waals surface area (Å²) in [7, 11) is 0. The monoisotopic (exact) mass is 278 g/mol. The Morgan fingerprint density at radius 2 is 2.00 bits per heavy atom. The van der Waals surface area contributed by atoms with Gasteiger partial charge in [0.15, 0.2) is 5.65 Å². The van der Waals surface area contributed by atoms with Crippen molar-refractivity contribution in [1.29, 1.82) is 0 Å². The van der Waals surface area contributed by atoms with Crippen molar-refractivity contribution in [3.63, 3.8) is 0 Å². The van der Waals surface area contributed by atoms with Crippen LogP contribution in [0.15, 0.2) is 42.7 Å². The summed E-state index contributed by atoms with van der Waals surface area (Å²) in [6, 6.07) is 9.45. The third-order valence-electron chi connectivity index (χ3n) is 3.10. The molecule has 0 amide bonds. The van der Waals surface area contributed by atoms with E-state index in [9.17, 15) is 0 Å². The molecule has 3 heterocycles. The third-order valence-corrected chi connectivity index (χ3v) is 3.10. The number of nitrogens with two attached hydrogens (primary N) is 1. The van der Waals surface area contributed by atoms with Crippen molar-refractivity contribution in [3.8, 4) is 11.6 Å². The molecule has 1 aromatic carbocycles. The van der Waals surface area contributed by atoms with Crippen LogP contribution in [0.4, 0.5) is 5.95 Å². The van der Waals surface area contributed by atoms with E-state index in [0.29, 0.717) is 22.7 Å². The maximum Gasteiger partial charge on any atom is 0.235 e. The van der Waals surface area contributed by atoms with Gasteiger partial charge in [-0.05, 0) is 24.3 Å². The first-order valence-electron chi connectivity index (χ1n) is 6.29. The number of pyridine rings is 1. The van der Waals surface area contributed by atoms with E-state index in [1.54, 1.807) is 12.4 Å². The first-order valence-corrected chi connectivity index (χ1v) is 6.29. The van der Waals surface area contributed by atoms with Gasteiger partial charge >= 0.3 is 0 Å². The first kappa shape index (κ1) is 11.6. The molecule has 102 valence electrons. The molecule has 0 saturated heterocycles. The summed E-state index contributed by atoms with van der Waals surface area (Å²) >= 11 is 0. The van der Waals surface area contributed by atoms with Crippen molar-refractivity contribution >= 4 is 27.9 Å². The van der Waals surface area contributed by atoms with Crippen molar-refractivity contribution in [1.82, 2.24) is 25.1 Å².